The van der Waals surface area contributed by atoms with Crippen LogP contribution >= 0.6 is 0 Å². The molecule has 7 rings (SSSR count). The molecule has 4 heterocycles. The summed E-state index contributed by atoms with van der Waals surface area (Å²) in [6, 6.07) is 0.116. The molecular formula is C22H26F3N7O2. The van der Waals surface area contributed by atoms with Crippen LogP contribution in [0.3, 0.4) is 0 Å². The highest BCUT2D eigenvalue weighted by Crippen LogP contribution is 2.57. The Kier molecular flexibility index (Phi) is 4.09. The summed E-state index contributed by atoms with van der Waals surface area (Å²) in [6.07, 6.45) is 2.08. The number of nitrogens with zero attached hydrogens (tertiary/aromatic N) is 6. The largest absolute Gasteiger partial charge is 0.471 e. The third-order valence-corrected chi connectivity index (χ3v) is 8.48. The molecule has 2 spiro atoms. The minimum Gasteiger partial charge on any atom is -0.329 e. The molecule has 3 saturated carbocycles. The number of rotatable bonds is 4. The van der Waals surface area contributed by atoms with Crippen LogP contribution in [-0.2, 0) is 12.6 Å². The Balaban J connectivity index is 0.844. The summed E-state index contributed by atoms with van der Waals surface area (Å²) in [5.41, 5.74) is 0.358. The van der Waals surface area contributed by atoms with Gasteiger partial charge in [-0.3, -0.25) is 5.10 Å². The van der Waals surface area contributed by atoms with Crippen LogP contribution in [0.15, 0.2) is 4.52 Å². The second-order valence-corrected chi connectivity index (χ2v) is 11.4. The Morgan fingerprint density at radius 2 is 1.65 bits per heavy atom. The van der Waals surface area contributed by atoms with Gasteiger partial charge in [0.05, 0.1) is 0 Å². The molecule has 0 unspecified atom stereocenters. The number of halogens is 3. The number of aromatic amines is 1. The quantitative estimate of drug-likeness (QED) is 0.725. The van der Waals surface area contributed by atoms with Crippen LogP contribution in [-0.4, -0.2) is 67.3 Å². The average molecular weight is 477 g/mol. The number of alkyl halides is 3. The van der Waals surface area contributed by atoms with E-state index in [4.69, 9.17) is 0 Å². The lowest BCUT2D eigenvalue weighted by Crippen LogP contribution is -2.71. The molecule has 0 bridgehead atoms. The molecule has 12 heteroatoms. The molecule has 0 atom stereocenters. The van der Waals surface area contributed by atoms with E-state index in [9.17, 15) is 18.0 Å². The number of likely N-dealkylation sites (tertiary alicyclic amines) is 2. The predicted molar refractivity (Wildman–Crippen MR) is 109 cm³/mol. The number of aromatic nitrogens is 5. The SMILES string of the molecule is O=C(N1CC2(CC(Cc3noc(C(F)(F)F)n3)C2)C1)N1CC2(CC(c3n[nH]c(C4CC4)n3)C2)C1. The molecule has 3 aliphatic carbocycles. The lowest BCUT2D eigenvalue weighted by atomic mass is 9.56. The van der Waals surface area contributed by atoms with Crippen LogP contribution < -0.4 is 0 Å². The molecule has 182 valence electrons. The second-order valence-electron chi connectivity index (χ2n) is 11.4. The molecule has 5 aliphatic rings. The standard InChI is InChI=1S/C22H26F3N7O2/c23-22(24,25)18-26-15(30-34-18)3-12-4-20(5-12)8-31(9-20)19(33)32-10-21(11-32)6-14(7-21)17-27-16(28-29-17)13-1-2-13/h12-14H,1-11H2,(H,27,28,29). The monoisotopic (exact) mass is 477 g/mol. The van der Waals surface area contributed by atoms with Crippen molar-refractivity contribution in [2.45, 2.75) is 63.0 Å². The summed E-state index contributed by atoms with van der Waals surface area (Å²) in [6.45, 7) is 3.09. The molecule has 2 amide bonds. The first kappa shape index (κ1) is 20.7. The number of hydrogen-bond donors (Lipinski definition) is 1. The molecule has 0 aromatic carbocycles. The lowest BCUT2D eigenvalue weighted by Gasteiger charge is -2.63. The maximum Gasteiger partial charge on any atom is 0.471 e. The topological polar surface area (TPSA) is 104 Å². The second kappa shape index (κ2) is 6.72. The molecule has 34 heavy (non-hydrogen) atoms. The first-order valence-corrected chi connectivity index (χ1v) is 12.1. The zero-order chi connectivity index (χ0) is 23.3. The number of H-pyrrole nitrogens is 1. The number of carbonyl (C=O) groups is 1. The third kappa shape index (κ3) is 3.31. The summed E-state index contributed by atoms with van der Waals surface area (Å²) in [5, 5.41) is 11.0. The van der Waals surface area contributed by atoms with E-state index in [1.165, 1.54) is 12.8 Å². The van der Waals surface area contributed by atoms with E-state index in [1.54, 1.807) is 0 Å². The Bertz CT molecular complexity index is 1110. The Morgan fingerprint density at radius 3 is 2.24 bits per heavy atom. The number of carbonyl (C=O) groups excluding carboxylic acids is 1. The van der Waals surface area contributed by atoms with Gasteiger partial charge in [-0.1, -0.05) is 5.16 Å². The molecule has 2 aromatic heterocycles. The minimum atomic E-state index is -4.61. The highest BCUT2D eigenvalue weighted by molar-refractivity contribution is 5.77. The van der Waals surface area contributed by atoms with Crippen molar-refractivity contribution < 1.29 is 22.5 Å². The van der Waals surface area contributed by atoms with Gasteiger partial charge in [0.2, 0.25) is 0 Å². The number of urea groups is 1. The van der Waals surface area contributed by atoms with Gasteiger partial charge in [-0.15, -0.1) is 0 Å². The lowest BCUT2D eigenvalue weighted by molar-refractivity contribution is -0.159. The van der Waals surface area contributed by atoms with E-state index in [0.29, 0.717) is 18.3 Å². The van der Waals surface area contributed by atoms with E-state index < -0.39 is 12.1 Å². The van der Waals surface area contributed by atoms with E-state index in [2.05, 4.69) is 29.8 Å². The zero-order valence-electron chi connectivity index (χ0n) is 18.6. The first-order chi connectivity index (χ1) is 16.2. The maximum atomic E-state index is 12.9. The van der Waals surface area contributed by atoms with Crippen LogP contribution in [0.2, 0.25) is 0 Å². The van der Waals surface area contributed by atoms with Crippen molar-refractivity contribution in [2.75, 3.05) is 26.2 Å². The van der Waals surface area contributed by atoms with Crippen molar-refractivity contribution in [2.24, 2.45) is 16.7 Å². The maximum absolute atomic E-state index is 12.9. The predicted octanol–water partition coefficient (Wildman–Crippen LogP) is 3.34. The molecule has 0 radical (unpaired) electrons. The van der Waals surface area contributed by atoms with Crippen LogP contribution in [0.25, 0.3) is 0 Å². The van der Waals surface area contributed by atoms with Crippen molar-refractivity contribution in [1.29, 1.82) is 0 Å². The molecule has 5 fully saturated rings. The molecule has 2 aromatic rings. The fourth-order valence-electron chi connectivity index (χ4n) is 6.71. The van der Waals surface area contributed by atoms with Crippen molar-refractivity contribution in [1.82, 2.24) is 35.1 Å². The minimum absolute atomic E-state index is 0.109. The molecule has 2 aliphatic heterocycles. The van der Waals surface area contributed by atoms with E-state index in [-0.39, 0.29) is 28.6 Å². The van der Waals surface area contributed by atoms with Gasteiger partial charge < -0.3 is 14.3 Å². The van der Waals surface area contributed by atoms with Gasteiger partial charge in [0.25, 0.3) is 0 Å². The van der Waals surface area contributed by atoms with Gasteiger partial charge in [-0.2, -0.15) is 23.3 Å². The average Bonchev–Trinajstić information content (AvgIpc) is 3.19. The number of nitrogens with one attached hydrogen (secondary N) is 1. The van der Waals surface area contributed by atoms with Gasteiger partial charge in [0, 0.05) is 55.3 Å². The summed E-state index contributed by atoms with van der Waals surface area (Å²) < 4.78 is 42.1. The summed E-state index contributed by atoms with van der Waals surface area (Å²) in [4.78, 5) is 24.9. The van der Waals surface area contributed by atoms with Crippen molar-refractivity contribution in [3.63, 3.8) is 0 Å². The Morgan fingerprint density at radius 1 is 1.00 bits per heavy atom. The van der Waals surface area contributed by atoms with Crippen molar-refractivity contribution in [3.8, 4) is 0 Å². The summed E-state index contributed by atoms with van der Waals surface area (Å²) >= 11 is 0. The third-order valence-electron chi connectivity index (χ3n) is 8.48. The molecule has 9 nitrogen and oxygen atoms in total. The fraction of sp³-hybridized carbons (Fsp3) is 0.773. The Labute approximate surface area is 193 Å². The normalized spacial score (nSPS) is 25.7. The van der Waals surface area contributed by atoms with Crippen molar-refractivity contribution >= 4 is 6.03 Å². The summed E-state index contributed by atoms with van der Waals surface area (Å²) in [7, 11) is 0. The van der Waals surface area contributed by atoms with Crippen LogP contribution in [0.5, 0.6) is 0 Å². The van der Waals surface area contributed by atoms with E-state index >= 15 is 0 Å². The molecular weight excluding hydrogens is 451 g/mol. The smallest absolute Gasteiger partial charge is 0.329 e. The van der Waals surface area contributed by atoms with Gasteiger partial charge in [0.15, 0.2) is 11.6 Å². The molecule has 2 saturated heterocycles. The van der Waals surface area contributed by atoms with E-state index in [0.717, 1.165) is 63.5 Å². The first-order valence-electron chi connectivity index (χ1n) is 12.1. The molecule has 1 N–H and O–H groups in total. The van der Waals surface area contributed by atoms with Gasteiger partial charge in [-0.25, -0.2) is 9.78 Å². The fourth-order valence-corrected chi connectivity index (χ4v) is 6.71. The van der Waals surface area contributed by atoms with Gasteiger partial charge in [-0.05, 0) is 44.4 Å². The highest BCUT2D eigenvalue weighted by Gasteiger charge is 2.59. The zero-order valence-corrected chi connectivity index (χ0v) is 18.6. The van der Waals surface area contributed by atoms with Gasteiger partial charge in [0.1, 0.15) is 5.82 Å². The number of hydrogen-bond acceptors (Lipinski definition) is 6. The Hall–Kier alpha value is -2.66. The van der Waals surface area contributed by atoms with Crippen LogP contribution in [0.4, 0.5) is 18.0 Å². The summed E-state index contributed by atoms with van der Waals surface area (Å²) in [5.74, 6) is 2.03. The number of amides is 2. The van der Waals surface area contributed by atoms with Crippen LogP contribution in [0, 0.1) is 16.7 Å². The highest BCUT2D eigenvalue weighted by atomic mass is 19.4. The van der Waals surface area contributed by atoms with Gasteiger partial charge >= 0.3 is 18.1 Å². The van der Waals surface area contributed by atoms with Crippen LogP contribution in [0.1, 0.15) is 73.7 Å². The van der Waals surface area contributed by atoms with Crippen molar-refractivity contribution in [3.05, 3.63) is 23.4 Å². The van der Waals surface area contributed by atoms with E-state index in [1.807, 2.05) is 9.80 Å².